The maximum atomic E-state index is 12.3. The minimum Gasteiger partial charge on any atom is -0.355 e. The van der Waals surface area contributed by atoms with Crippen molar-refractivity contribution in [1.82, 2.24) is 15.5 Å². The minimum atomic E-state index is -0.709. The van der Waals surface area contributed by atoms with Crippen LogP contribution in [-0.4, -0.2) is 54.3 Å². The Morgan fingerprint density at radius 1 is 1.31 bits per heavy atom. The first kappa shape index (κ1) is 18.4. The van der Waals surface area contributed by atoms with E-state index in [0.717, 1.165) is 19.5 Å². The van der Waals surface area contributed by atoms with Crippen LogP contribution in [0.25, 0.3) is 0 Å². The summed E-state index contributed by atoms with van der Waals surface area (Å²) in [4.78, 5) is 39.1. The van der Waals surface area contributed by atoms with E-state index in [1.165, 1.54) is 6.42 Å². The van der Waals surface area contributed by atoms with Crippen LogP contribution in [0.2, 0.25) is 0 Å². The first-order chi connectivity index (χ1) is 12.6. The molecule has 1 saturated heterocycles. The van der Waals surface area contributed by atoms with Gasteiger partial charge >= 0.3 is 0 Å². The topological polar surface area (TPSA) is 90.5 Å². The third-order valence-electron chi connectivity index (χ3n) is 5.15. The van der Waals surface area contributed by atoms with Crippen molar-refractivity contribution in [3.63, 3.8) is 0 Å². The monoisotopic (exact) mass is 358 g/mol. The van der Waals surface area contributed by atoms with Gasteiger partial charge in [-0.05, 0) is 44.5 Å². The molecule has 7 heteroatoms. The van der Waals surface area contributed by atoms with E-state index in [9.17, 15) is 14.4 Å². The summed E-state index contributed by atoms with van der Waals surface area (Å²) in [6, 6.07) is 6.58. The Morgan fingerprint density at radius 3 is 2.92 bits per heavy atom. The zero-order valence-electron chi connectivity index (χ0n) is 15.1. The molecule has 2 aliphatic rings. The molecule has 0 spiro atoms. The highest BCUT2D eigenvalue weighted by Crippen LogP contribution is 2.19. The Kier molecular flexibility index (Phi) is 5.88. The van der Waals surface area contributed by atoms with Crippen molar-refractivity contribution in [1.29, 1.82) is 0 Å². The number of fused-ring (bicyclic) bond motifs is 1. The Bertz CT molecular complexity index is 691. The van der Waals surface area contributed by atoms with Crippen LogP contribution in [0.3, 0.4) is 0 Å². The van der Waals surface area contributed by atoms with Crippen LogP contribution in [-0.2, 0) is 9.59 Å². The molecule has 1 aromatic carbocycles. The van der Waals surface area contributed by atoms with Gasteiger partial charge in [-0.15, -0.1) is 0 Å². The van der Waals surface area contributed by atoms with Crippen LogP contribution < -0.4 is 16.0 Å². The molecule has 3 amide bonds. The van der Waals surface area contributed by atoms with Crippen LogP contribution in [0, 0.1) is 0 Å². The molecule has 3 rings (SSSR count). The Balaban J connectivity index is 1.49. The quantitative estimate of drug-likeness (QED) is 0.711. The molecular formula is C19H26N4O3. The number of rotatable bonds is 6. The summed E-state index contributed by atoms with van der Waals surface area (Å²) in [6.07, 6.45) is 2.75. The van der Waals surface area contributed by atoms with Gasteiger partial charge in [-0.2, -0.15) is 0 Å². The van der Waals surface area contributed by atoms with E-state index in [0.29, 0.717) is 23.8 Å². The fraction of sp³-hybridized carbons (Fsp3) is 0.526. The van der Waals surface area contributed by atoms with Gasteiger partial charge < -0.3 is 16.0 Å². The van der Waals surface area contributed by atoms with E-state index in [1.54, 1.807) is 24.3 Å². The van der Waals surface area contributed by atoms with Gasteiger partial charge in [-0.1, -0.05) is 19.1 Å². The number of hydrogen-bond acceptors (Lipinski definition) is 4. The zero-order valence-corrected chi connectivity index (χ0v) is 15.1. The molecule has 3 N–H and O–H groups in total. The molecule has 26 heavy (non-hydrogen) atoms. The van der Waals surface area contributed by atoms with Crippen LogP contribution in [0.1, 0.15) is 43.0 Å². The molecular weight excluding hydrogens is 332 g/mol. The molecule has 2 aliphatic heterocycles. The molecule has 1 fully saturated rings. The predicted molar refractivity (Wildman–Crippen MR) is 98.8 cm³/mol. The number of carbonyl (C=O) groups is 3. The fourth-order valence-electron chi connectivity index (χ4n) is 3.65. The number of carbonyl (C=O) groups excluding carboxylic acids is 3. The third-order valence-corrected chi connectivity index (χ3v) is 5.15. The number of hydrogen-bond donors (Lipinski definition) is 3. The number of nitrogens with one attached hydrogen (secondary N) is 3. The smallest absolute Gasteiger partial charge is 0.254 e. The SMILES string of the molecule is CCN1CCCC1CNC(=O)CCC1NC(=O)c2ccccc2NC1=O. The van der Waals surface area contributed by atoms with Crippen molar-refractivity contribution in [2.45, 2.75) is 44.7 Å². The van der Waals surface area contributed by atoms with E-state index in [-0.39, 0.29) is 30.6 Å². The molecule has 140 valence electrons. The number of anilines is 1. The lowest BCUT2D eigenvalue weighted by Crippen LogP contribution is -2.43. The second-order valence-electron chi connectivity index (χ2n) is 6.83. The van der Waals surface area contributed by atoms with Crippen molar-refractivity contribution in [3.8, 4) is 0 Å². The second kappa shape index (κ2) is 8.31. The Morgan fingerprint density at radius 2 is 2.12 bits per heavy atom. The van der Waals surface area contributed by atoms with Crippen molar-refractivity contribution in [2.75, 3.05) is 25.0 Å². The molecule has 2 atom stereocenters. The third kappa shape index (κ3) is 4.22. The molecule has 0 bridgehead atoms. The van der Waals surface area contributed by atoms with Gasteiger partial charge in [0.2, 0.25) is 11.8 Å². The van der Waals surface area contributed by atoms with Gasteiger partial charge in [0.15, 0.2) is 0 Å². The van der Waals surface area contributed by atoms with Gasteiger partial charge in [0.1, 0.15) is 6.04 Å². The minimum absolute atomic E-state index is 0.0863. The summed E-state index contributed by atoms with van der Waals surface area (Å²) in [5, 5.41) is 8.43. The average molecular weight is 358 g/mol. The molecule has 1 aromatic rings. The second-order valence-corrected chi connectivity index (χ2v) is 6.83. The summed E-state index contributed by atoms with van der Waals surface area (Å²) in [6.45, 7) is 4.86. The number of amides is 3. The Hall–Kier alpha value is -2.41. The highest BCUT2D eigenvalue weighted by atomic mass is 16.2. The van der Waals surface area contributed by atoms with Gasteiger partial charge in [0.05, 0.1) is 11.3 Å². The standard InChI is InChI=1S/C19H26N4O3/c1-2-23-11-5-6-13(23)12-20-17(24)10-9-16-19(26)21-15-8-4-3-7-14(15)18(25)22-16/h3-4,7-8,13,16H,2,5-6,9-12H2,1H3,(H,20,24)(H,21,26)(H,22,25). The molecule has 2 unspecified atom stereocenters. The molecule has 0 radical (unpaired) electrons. The zero-order chi connectivity index (χ0) is 18.5. The lowest BCUT2D eigenvalue weighted by atomic mass is 10.1. The maximum Gasteiger partial charge on any atom is 0.254 e. The first-order valence-electron chi connectivity index (χ1n) is 9.30. The van der Waals surface area contributed by atoms with Gasteiger partial charge in [-0.25, -0.2) is 0 Å². The van der Waals surface area contributed by atoms with Crippen molar-refractivity contribution < 1.29 is 14.4 Å². The summed E-state index contributed by atoms with van der Waals surface area (Å²) in [5.74, 6) is -0.672. The predicted octanol–water partition coefficient (Wildman–Crippen LogP) is 1.12. The highest BCUT2D eigenvalue weighted by Gasteiger charge is 2.28. The highest BCUT2D eigenvalue weighted by molar-refractivity contribution is 6.09. The lowest BCUT2D eigenvalue weighted by molar-refractivity contribution is -0.122. The van der Waals surface area contributed by atoms with E-state index >= 15 is 0 Å². The van der Waals surface area contributed by atoms with Crippen molar-refractivity contribution in [3.05, 3.63) is 29.8 Å². The summed E-state index contributed by atoms with van der Waals surface area (Å²) < 4.78 is 0. The maximum absolute atomic E-state index is 12.3. The van der Waals surface area contributed by atoms with E-state index in [2.05, 4.69) is 27.8 Å². The lowest BCUT2D eigenvalue weighted by Gasteiger charge is -2.23. The van der Waals surface area contributed by atoms with Crippen molar-refractivity contribution in [2.24, 2.45) is 0 Å². The fourth-order valence-corrected chi connectivity index (χ4v) is 3.65. The van der Waals surface area contributed by atoms with Crippen LogP contribution in [0.15, 0.2) is 24.3 Å². The molecule has 0 aromatic heterocycles. The van der Waals surface area contributed by atoms with E-state index < -0.39 is 6.04 Å². The largest absolute Gasteiger partial charge is 0.355 e. The van der Waals surface area contributed by atoms with E-state index in [4.69, 9.17) is 0 Å². The molecule has 0 aliphatic carbocycles. The van der Waals surface area contributed by atoms with Crippen LogP contribution >= 0.6 is 0 Å². The number of benzene rings is 1. The first-order valence-corrected chi connectivity index (χ1v) is 9.30. The van der Waals surface area contributed by atoms with Crippen LogP contribution in [0.5, 0.6) is 0 Å². The van der Waals surface area contributed by atoms with Crippen LogP contribution in [0.4, 0.5) is 5.69 Å². The average Bonchev–Trinajstić information content (AvgIpc) is 3.06. The van der Waals surface area contributed by atoms with E-state index in [1.807, 2.05) is 0 Å². The summed E-state index contributed by atoms with van der Waals surface area (Å²) in [5.41, 5.74) is 0.941. The molecule has 0 saturated carbocycles. The molecule has 2 heterocycles. The number of para-hydroxylation sites is 1. The molecule has 7 nitrogen and oxygen atoms in total. The normalized spacial score (nSPS) is 23.0. The summed E-state index contributed by atoms with van der Waals surface area (Å²) in [7, 11) is 0. The number of nitrogens with zero attached hydrogens (tertiary/aromatic N) is 1. The summed E-state index contributed by atoms with van der Waals surface area (Å²) >= 11 is 0. The number of likely N-dealkylation sites (tertiary alicyclic amines) is 1. The van der Waals surface area contributed by atoms with Gasteiger partial charge in [0, 0.05) is 19.0 Å². The van der Waals surface area contributed by atoms with Gasteiger partial charge in [0.25, 0.3) is 5.91 Å². The van der Waals surface area contributed by atoms with Gasteiger partial charge in [-0.3, -0.25) is 19.3 Å². The Labute approximate surface area is 153 Å². The number of likely N-dealkylation sites (N-methyl/N-ethyl adjacent to an activating group) is 1. The van der Waals surface area contributed by atoms with Crippen molar-refractivity contribution >= 4 is 23.4 Å².